The molecule has 1 atom stereocenters. The lowest BCUT2D eigenvalue weighted by atomic mass is 10.2. The molecule has 0 aliphatic carbocycles. The summed E-state index contributed by atoms with van der Waals surface area (Å²) in [7, 11) is -3.75. The highest BCUT2D eigenvalue weighted by Crippen LogP contribution is 2.17. The number of hydrogen-bond acceptors (Lipinski definition) is 5. The van der Waals surface area contributed by atoms with Crippen molar-refractivity contribution in [2.45, 2.75) is 36.1 Å². The van der Waals surface area contributed by atoms with E-state index in [4.69, 9.17) is 0 Å². The van der Waals surface area contributed by atoms with Gasteiger partial charge < -0.3 is 5.32 Å². The maximum Gasteiger partial charge on any atom is 0.241 e. The standard InChI is InChI=1S/C21H28N2O3S3/c1-16-4-8-18(9-5-16)28-15-13-22-21(24)20(12-14-27-3)23-29(25,26)19-10-6-17(2)7-11-19/h4-11,20,23H,12-15H2,1-3H3,(H,22,24). The zero-order valence-electron chi connectivity index (χ0n) is 17.0. The van der Waals surface area contributed by atoms with Crippen molar-refractivity contribution in [3.8, 4) is 0 Å². The van der Waals surface area contributed by atoms with E-state index < -0.39 is 16.1 Å². The summed E-state index contributed by atoms with van der Waals surface area (Å²) in [6.07, 6.45) is 2.37. The van der Waals surface area contributed by atoms with Crippen LogP contribution >= 0.6 is 23.5 Å². The molecule has 1 amide bonds. The Hall–Kier alpha value is -1.48. The minimum atomic E-state index is -3.75. The highest BCUT2D eigenvalue weighted by atomic mass is 32.2. The highest BCUT2D eigenvalue weighted by Gasteiger charge is 2.25. The molecule has 29 heavy (non-hydrogen) atoms. The van der Waals surface area contributed by atoms with Gasteiger partial charge in [-0.05, 0) is 56.5 Å². The fraction of sp³-hybridized carbons (Fsp3) is 0.381. The van der Waals surface area contributed by atoms with Crippen molar-refractivity contribution in [1.29, 1.82) is 0 Å². The number of aryl methyl sites for hydroxylation is 2. The van der Waals surface area contributed by atoms with Crippen LogP contribution in [0.25, 0.3) is 0 Å². The summed E-state index contributed by atoms with van der Waals surface area (Å²) >= 11 is 3.23. The summed E-state index contributed by atoms with van der Waals surface area (Å²) in [6.45, 7) is 4.41. The third-order valence-corrected chi connectivity index (χ3v) is 7.39. The van der Waals surface area contributed by atoms with Crippen LogP contribution in [-0.2, 0) is 14.8 Å². The zero-order chi connectivity index (χ0) is 21.3. The van der Waals surface area contributed by atoms with Crippen molar-refractivity contribution in [3.05, 3.63) is 59.7 Å². The molecular weight excluding hydrogens is 424 g/mol. The summed E-state index contributed by atoms with van der Waals surface area (Å²) in [5.41, 5.74) is 2.19. The third-order valence-electron chi connectivity index (χ3n) is 4.25. The summed E-state index contributed by atoms with van der Waals surface area (Å²) in [5.74, 6) is 1.11. The molecule has 2 aromatic rings. The third kappa shape index (κ3) is 8.04. The van der Waals surface area contributed by atoms with E-state index in [9.17, 15) is 13.2 Å². The molecule has 8 heteroatoms. The number of rotatable bonds is 11. The van der Waals surface area contributed by atoms with Crippen LogP contribution in [0.15, 0.2) is 58.3 Å². The van der Waals surface area contributed by atoms with E-state index in [1.165, 1.54) is 5.56 Å². The summed E-state index contributed by atoms with van der Waals surface area (Å²) < 4.78 is 27.9. The van der Waals surface area contributed by atoms with Gasteiger partial charge in [0.05, 0.1) is 4.90 Å². The van der Waals surface area contributed by atoms with Crippen LogP contribution < -0.4 is 10.0 Å². The van der Waals surface area contributed by atoms with Gasteiger partial charge in [-0.25, -0.2) is 8.42 Å². The number of thioether (sulfide) groups is 2. The largest absolute Gasteiger partial charge is 0.354 e. The summed E-state index contributed by atoms with van der Waals surface area (Å²) in [6, 6.07) is 14.0. The monoisotopic (exact) mass is 452 g/mol. The lowest BCUT2D eigenvalue weighted by molar-refractivity contribution is -0.122. The number of nitrogens with one attached hydrogen (secondary N) is 2. The van der Waals surface area contributed by atoms with Crippen LogP contribution in [0.1, 0.15) is 17.5 Å². The van der Waals surface area contributed by atoms with Crippen LogP contribution in [0.2, 0.25) is 0 Å². The van der Waals surface area contributed by atoms with Crippen molar-refractivity contribution >= 4 is 39.5 Å². The molecule has 0 radical (unpaired) electrons. The molecule has 158 valence electrons. The molecule has 2 N–H and O–H groups in total. The average Bonchev–Trinajstić information content (AvgIpc) is 2.70. The normalized spacial score (nSPS) is 12.5. The minimum absolute atomic E-state index is 0.167. The zero-order valence-corrected chi connectivity index (χ0v) is 19.4. The molecule has 0 fully saturated rings. The van der Waals surface area contributed by atoms with E-state index in [2.05, 4.69) is 34.3 Å². The Labute approximate surface area is 182 Å². The van der Waals surface area contributed by atoms with Gasteiger partial charge in [-0.2, -0.15) is 16.5 Å². The summed E-state index contributed by atoms with van der Waals surface area (Å²) in [5, 5.41) is 2.86. The Kier molecular flexibility index (Phi) is 9.55. The van der Waals surface area contributed by atoms with Crippen molar-refractivity contribution in [2.24, 2.45) is 0 Å². The number of benzene rings is 2. The Bertz CT molecular complexity index is 882. The van der Waals surface area contributed by atoms with Crippen LogP contribution in [0, 0.1) is 13.8 Å². The van der Waals surface area contributed by atoms with Crippen molar-refractivity contribution < 1.29 is 13.2 Å². The lowest BCUT2D eigenvalue weighted by Crippen LogP contribution is -2.47. The second-order valence-electron chi connectivity index (χ2n) is 6.72. The van der Waals surface area contributed by atoms with Gasteiger partial charge in [-0.3, -0.25) is 4.79 Å². The first kappa shape index (κ1) is 23.8. The van der Waals surface area contributed by atoms with Gasteiger partial charge in [0, 0.05) is 17.2 Å². The molecule has 1 unspecified atom stereocenters. The van der Waals surface area contributed by atoms with Crippen LogP contribution in [0.4, 0.5) is 0 Å². The van der Waals surface area contributed by atoms with Gasteiger partial charge in [0.1, 0.15) is 6.04 Å². The van der Waals surface area contributed by atoms with Crippen LogP contribution in [0.5, 0.6) is 0 Å². The van der Waals surface area contributed by atoms with Gasteiger partial charge in [-0.15, -0.1) is 11.8 Å². The molecule has 0 bridgehead atoms. The number of carbonyl (C=O) groups excluding carboxylic acids is 1. The molecule has 2 aromatic carbocycles. The van der Waals surface area contributed by atoms with E-state index in [0.29, 0.717) is 18.7 Å². The molecule has 0 aromatic heterocycles. The van der Waals surface area contributed by atoms with E-state index >= 15 is 0 Å². The molecular formula is C21H28N2O3S3. The van der Waals surface area contributed by atoms with Crippen LogP contribution in [0.3, 0.4) is 0 Å². The molecule has 0 heterocycles. The smallest absolute Gasteiger partial charge is 0.241 e. The molecule has 0 aliphatic rings. The molecule has 2 rings (SSSR count). The average molecular weight is 453 g/mol. The van der Waals surface area contributed by atoms with E-state index in [1.807, 2.05) is 20.1 Å². The minimum Gasteiger partial charge on any atom is -0.354 e. The second kappa shape index (κ2) is 11.6. The first-order valence-corrected chi connectivity index (χ1v) is 13.2. The molecule has 0 saturated carbocycles. The van der Waals surface area contributed by atoms with Crippen molar-refractivity contribution in [1.82, 2.24) is 10.0 Å². The first-order valence-electron chi connectivity index (χ1n) is 9.37. The lowest BCUT2D eigenvalue weighted by Gasteiger charge is -2.18. The summed E-state index contributed by atoms with van der Waals surface area (Å²) in [4.78, 5) is 13.9. The fourth-order valence-electron chi connectivity index (χ4n) is 2.55. The number of hydrogen-bond donors (Lipinski definition) is 2. The predicted molar refractivity (Wildman–Crippen MR) is 123 cm³/mol. The van der Waals surface area contributed by atoms with Gasteiger partial charge in [0.15, 0.2) is 0 Å². The number of sulfonamides is 1. The van der Waals surface area contributed by atoms with Gasteiger partial charge >= 0.3 is 0 Å². The Morgan fingerprint density at radius 2 is 1.55 bits per heavy atom. The Morgan fingerprint density at radius 1 is 0.966 bits per heavy atom. The SMILES string of the molecule is CSCCC(NS(=O)(=O)c1ccc(C)cc1)C(=O)NCCSc1ccc(C)cc1. The highest BCUT2D eigenvalue weighted by molar-refractivity contribution is 7.99. The topological polar surface area (TPSA) is 75.3 Å². The van der Waals surface area contributed by atoms with E-state index in [0.717, 1.165) is 16.2 Å². The van der Waals surface area contributed by atoms with Crippen molar-refractivity contribution in [3.63, 3.8) is 0 Å². The Morgan fingerprint density at radius 3 is 2.14 bits per heavy atom. The molecule has 0 aliphatic heterocycles. The van der Waals surface area contributed by atoms with Crippen molar-refractivity contribution in [2.75, 3.05) is 24.3 Å². The quantitative estimate of drug-likeness (QED) is 0.402. The molecule has 0 spiro atoms. The first-order chi connectivity index (χ1) is 13.8. The predicted octanol–water partition coefficient (Wildman–Crippen LogP) is 3.61. The Balaban J connectivity index is 1.92. The van der Waals surface area contributed by atoms with Crippen LogP contribution in [-0.4, -0.2) is 44.7 Å². The number of carbonyl (C=O) groups is 1. The van der Waals surface area contributed by atoms with Gasteiger partial charge in [0.25, 0.3) is 0 Å². The maximum atomic E-state index is 12.7. The maximum absolute atomic E-state index is 12.7. The molecule has 5 nitrogen and oxygen atoms in total. The van der Waals surface area contributed by atoms with Gasteiger partial charge in [0.2, 0.25) is 15.9 Å². The number of amides is 1. The fourth-order valence-corrected chi connectivity index (χ4v) is 5.02. The van der Waals surface area contributed by atoms with E-state index in [1.54, 1.807) is 47.8 Å². The van der Waals surface area contributed by atoms with E-state index in [-0.39, 0.29) is 10.8 Å². The van der Waals surface area contributed by atoms with Gasteiger partial charge in [-0.1, -0.05) is 35.4 Å². The second-order valence-corrected chi connectivity index (χ2v) is 10.6. The molecule has 0 saturated heterocycles.